The predicted octanol–water partition coefficient (Wildman–Crippen LogP) is 2.91. The van der Waals surface area contributed by atoms with Crippen molar-refractivity contribution in [2.24, 2.45) is 0 Å². The molecule has 14 heteroatoms. The largest absolute Gasteiger partial charge is 0.399 e. The smallest absolute Gasteiger partial charge is 0.271 e. The molecule has 28 heavy (non-hydrogen) atoms. The van der Waals surface area contributed by atoms with E-state index in [4.69, 9.17) is 28.9 Å². The molecule has 0 aromatic heterocycles. The van der Waals surface area contributed by atoms with Crippen molar-refractivity contribution in [3.63, 3.8) is 0 Å². The van der Waals surface area contributed by atoms with Gasteiger partial charge in [-0.25, -0.2) is 16.8 Å². The van der Waals surface area contributed by atoms with E-state index < -0.39 is 25.0 Å². The zero-order valence-electron chi connectivity index (χ0n) is 14.5. The number of benzene rings is 2. The Hall–Kier alpha value is -2.28. The second kappa shape index (κ2) is 9.28. The second-order valence-electron chi connectivity index (χ2n) is 5.41. The fourth-order valence-corrected chi connectivity index (χ4v) is 3.30. The fraction of sp³-hybridized carbons (Fsp3) is 0.143. The highest BCUT2D eigenvalue weighted by atomic mass is 35.5. The number of nitrogen functional groups attached to an aromatic ring is 1. The number of non-ortho nitro benzene ring substituents is 1. The number of anilines is 3. The van der Waals surface area contributed by atoms with Gasteiger partial charge in [-0.1, -0.05) is 23.2 Å². The summed E-state index contributed by atoms with van der Waals surface area (Å²) >= 11 is 11.4. The van der Waals surface area contributed by atoms with Gasteiger partial charge in [0.15, 0.2) is 0 Å². The molecule has 154 valence electrons. The summed E-state index contributed by atoms with van der Waals surface area (Å²) in [5.74, 6) is 0. The summed E-state index contributed by atoms with van der Waals surface area (Å²) in [6, 6.07) is 8.09. The fourth-order valence-electron chi connectivity index (χ4n) is 1.73. The number of nitro groups is 1. The third kappa shape index (κ3) is 8.61. The summed E-state index contributed by atoms with van der Waals surface area (Å²) in [5, 5.41) is 10.8. The molecular weight excluding hydrogens is 455 g/mol. The molecule has 0 aliphatic carbocycles. The summed E-state index contributed by atoms with van der Waals surface area (Å²) in [7, 11) is -6.81. The van der Waals surface area contributed by atoms with Gasteiger partial charge in [0, 0.05) is 17.8 Å². The van der Waals surface area contributed by atoms with Crippen LogP contribution in [0.5, 0.6) is 0 Å². The van der Waals surface area contributed by atoms with E-state index in [1.54, 1.807) is 6.07 Å². The van der Waals surface area contributed by atoms with E-state index in [9.17, 15) is 26.9 Å². The molecular formula is C14H16Cl2N4O6S2. The van der Waals surface area contributed by atoms with E-state index in [1.165, 1.54) is 24.3 Å². The van der Waals surface area contributed by atoms with Crippen LogP contribution in [0, 0.1) is 10.1 Å². The number of halogens is 2. The number of sulfonamides is 2. The molecule has 0 atom stereocenters. The van der Waals surface area contributed by atoms with Gasteiger partial charge in [0.05, 0.1) is 38.9 Å². The van der Waals surface area contributed by atoms with Crippen LogP contribution in [0.25, 0.3) is 0 Å². The van der Waals surface area contributed by atoms with E-state index in [0.717, 1.165) is 18.6 Å². The molecule has 0 saturated heterocycles. The molecule has 0 unspecified atom stereocenters. The number of nitro benzene ring substituents is 1. The maximum atomic E-state index is 10.9. The molecule has 2 rings (SSSR count). The van der Waals surface area contributed by atoms with Crippen LogP contribution in [-0.4, -0.2) is 34.3 Å². The first-order valence-electron chi connectivity index (χ1n) is 7.12. The molecule has 10 nitrogen and oxygen atoms in total. The normalized spacial score (nSPS) is 11.1. The quantitative estimate of drug-likeness (QED) is 0.343. The summed E-state index contributed by atoms with van der Waals surface area (Å²) in [6.07, 6.45) is 1.98. The Morgan fingerprint density at radius 1 is 0.893 bits per heavy atom. The zero-order valence-corrected chi connectivity index (χ0v) is 17.7. The Bertz CT molecular complexity index is 1090. The minimum absolute atomic E-state index is 0.00614. The van der Waals surface area contributed by atoms with Gasteiger partial charge >= 0.3 is 0 Å². The molecule has 0 aliphatic rings. The number of hydrogen-bond acceptors (Lipinski definition) is 7. The topological polar surface area (TPSA) is 162 Å². The highest BCUT2D eigenvalue weighted by Crippen LogP contribution is 2.27. The van der Waals surface area contributed by atoms with E-state index in [1.807, 2.05) is 0 Å². The highest BCUT2D eigenvalue weighted by molar-refractivity contribution is 7.92. The Kier molecular flexibility index (Phi) is 7.87. The van der Waals surface area contributed by atoms with Crippen molar-refractivity contribution in [1.82, 2.24) is 0 Å². The molecule has 0 aliphatic heterocycles. The maximum Gasteiger partial charge on any atom is 0.271 e. The number of nitrogens with two attached hydrogens (primary N) is 1. The minimum atomic E-state index is -3.50. The number of rotatable bonds is 5. The molecule has 0 bridgehead atoms. The summed E-state index contributed by atoms with van der Waals surface area (Å²) in [6.45, 7) is 0. The first kappa shape index (κ1) is 23.8. The average molecular weight is 471 g/mol. The molecule has 2 aromatic rings. The van der Waals surface area contributed by atoms with Crippen LogP contribution in [0.3, 0.4) is 0 Å². The first-order valence-corrected chi connectivity index (χ1v) is 11.7. The van der Waals surface area contributed by atoms with Gasteiger partial charge in [0.25, 0.3) is 5.69 Å². The number of nitrogens with zero attached hydrogens (tertiary/aromatic N) is 1. The summed E-state index contributed by atoms with van der Waals surface area (Å²) in [5.41, 5.74) is 5.97. The molecule has 0 fully saturated rings. The van der Waals surface area contributed by atoms with Gasteiger partial charge < -0.3 is 5.73 Å². The lowest BCUT2D eigenvalue weighted by Gasteiger charge is -2.06. The van der Waals surface area contributed by atoms with Crippen LogP contribution in [-0.2, 0) is 20.0 Å². The third-order valence-electron chi connectivity index (χ3n) is 2.74. The maximum absolute atomic E-state index is 10.9. The van der Waals surface area contributed by atoms with Gasteiger partial charge in [-0.2, -0.15) is 0 Å². The monoisotopic (exact) mass is 470 g/mol. The molecule has 4 N–H and O–H groups in total. The summed E-state index contributed by atoms with van der Waals surface area (Å²) in [4.78, 5) is 9.78. The zero-order chi connectivity index (χ0) is 21.7. The van der Waals surface area contributed by atoms with E-state index in [2.05, 4.69) is 9.44 Å². The van der Waals surface area contributed by atoms with E-state index in [-0.39, 0.29) is 16.4 Å². The van der Waals surface area contributed by atoms with E-state index in [0.29, 0.717) is 16.4 Å². The molecule has 0 saturated carbocycles. The standard InChI is InChI=1S/C7H7ClN2O4S.C7H9ClN2O2S/c1-15(13,14)9-7-4-5(10(11)12)2-3-6(7)8;1-13(11,12)10-7-4-5(9)2-3-6(7)8/h2-4,9H,1H3;2-4,10H,9H2,1H3. The van der Waals surface area contributed by atoms with Crippen molar-refractivity contribution >= 4 is 66.0 Å². The number of hydrogen-bond donors (Lipinski definition) is 3. The lowest BCUT2D eigenvalue weighted by Crippen LogP contribution is -2.10. The summed E-state index contributed by atoms with van der Waals surface area (Å²) < 4.78 is 47.8. The first-order chi connectivity index (χ1) is 12.7. The Labute approximate surface area is 171 Å². The van der Waals surface area contributed by atoms with Gasteiger partial charge in [0.1, 0.15) is 0 Å². The SMILES string of the molecule is CS(=O)(=O)Nc1cc(N)ccc1Cl.CS(=O)(=O)Nc1cc([N+](=O)[O-])ccc1Cl. The molecule has 0 heterocycles. The van der Waals surface area contributed by atoms with Crippen molar-refractivity contribution in [2.45, 2.75) is 0 Å². The van der Waals surface area contributed by atoms with Crippen molar-refractivity contribution in [3.05, 3.63) is 56.6 Å². The number of nitrogens with one attached hydrogen (secondary N) is 2. The van der Waals surface area contributed by atoms with Crippen LogP contribution >= 0.6 is 23.2 Å². The minimum Gasteiger partial charge on any atom is -0.399 e. The van der Waals surface area contributed by atoms with Crippen molar-refractivity contribution in [1.29, 1.82) is 0 Å². The van der Waals surface area contributed by atoms with Gasteiger partial charge in [-0.05, 0) is 24.3 Å². The third-order valence-corrected chi connectivity index (χ3v) is 4.58. The molecule has 0 amide bonds. The average Bonchev–Trinajstić information content (AvgIpc) is 2.51. The molecule has 0 spiro atoms. The molecule has 2 aromatic carbocycles. The van der Waals surface area contributed by atoms with E-state index >= 15 is 0 Å². The van der Waals surface area contributed by atoms with Crippen molar-refractivity contribution < 1.29 is 21.8 Å². The Balaban J connectivity index is 0.000000283. The van der Waals surface area contributed by atoms with Crippen molar-refractivity contribution in [2.75, 3.05) is 27.7 Å². The lowest BCUT2D eigenvalue weighted by atomic mass is 10.3. The lowest BCUT2D eigenvalue weighted by molar-refractivity contribution is -0.384. The van der Waals surface area contributed by atoms with Gasteiger partial charge in [-0.3, -0.25) is 19.6 Å². The predicted molar refractivity (Wildman–Crippen MR) is 111 cm³/mol. The highest BCUT2D eigenvalue weighted by Gasteiger charge is 2.12. The van der Waals surface area contributed by atoms with Crippen LogP contribution in [0.2, 0.25) is 10.0 Å². The van der Waals surface area contributed by atoms with Crippen LogP contribution < -0.4 is 15.2 Å². The Morgan fingerprint density at radius 2 is 1.32 bits per heavy atom. The second-order valence-corrected chi connectivity index (χ2v) is 9.72. The van der Waals surface area contributed by atoms with Crippen LogP contribution in [0.15, 0.2) is 36.4 Å². The van der Waals surface area contributed by atoms with Crippen LogP contribution in [0.1, 0.15) is 0 Å². The van der Waals surface area contributed by atoms with Crippen molar-refractivity contribution in [3.8, 4) is 0 Å². The van der Waals surface area contributed by atoms with Gasteiger partial charge in [0.2, 0.25) is 20.0 Å². The van der Waals surface area contributed by atoms with Crippen LogP contribution in [0.4, 0.5) is 22.7 Å². The molecule has 0 radical (unpaired) electrons. The van der Waals surface area contributed by atoms with Gasteiger partial charge in [-0.15, -0.1) is 0 Å². The Morgan fingerprint density at radius 3 is 1.75 bits per heavy atom.